The molecule has 1 heterocycles. The Bertz CT molecular complexity index is 958. The molecule has 0 aliphatic carbocycles. The first-order chi connectivity index (χ1) is 14.0. The zero-order valence-electron chi connectivity index (χ0n) is 15.8. The number of aliphatic imine (C=N–C) groups is 1. The van der Waals surface area contributed by atoms with Gasteiger partial charge in [0.15, 0.2) is 0 Å². The van der Waals surface area contributed by atoms with E-state index in [1.807, 2.05) is 36.4 Å². The Morgan fingerprint density at radius 2 is 1.93 bits per heavy atom. The van der Waals surface area contributed by atoms with E-state index in [1.165, 1.54) is 18.9 Å². The van der Waals surface area contributed by atoms with Gasteiger partial charge in [0, 0.05) is 17.3 Å². The van der Waals surface area contributed by atoms with Crippen molar-refractivity contribution < 1.29 is 14.3 Å². The predicted molar refractivity (Wildman–Crippen MR) is 118 cm³/mol. The van der Waals surface area contributed by atoms with Gasteiger partial charge in [-0.2, -0.15) is 0 Å². The van der Waals surface area contributed by atoms with E-state index in [0.29, 0.717) is 22.3 Å². The summed E-state index contributed by atoms with van der Waals surface area (Å²) in [5.74, 6) is -0.259. The summed E-state index contributed by atoms with van der Waals surface area (Å²) in [6.07, 6.45) is 1.86. The van der Waals surface area contributed by atoms with Crippen LogP contribution in [0.2, 0.25) is 5.02 Å². The molecule has 29 heavy (non-hydrogen) atoms. The number of nitrogens with one attached hydrogen (secondary N) is 2. The van der Waals surface area contributed by atoms with Crippen molar-refractivity contribution in [2.75, 3.05) is 18.2 Å². The van der Waals surface area contributed by atoms with Crippen molar-refractivity contribution in [3.05, 3.63) is 70.9 Å². The minimum Gasteiger partial charge on any atom is -0.469 e. The molecule has 1 amide bonds. The summed E-state index contributed by atoms with van der Waals surface area (Å²) in [4.78, 5) is 28.6. The first kappa shape index (κ1) is 21.0. The molecule has 0 fully saturated rings. The first-order valence-corrected chi connectivity index (χ1v) is 10.3. The van der Waals surface area contributed by atoms with Crippen LogP contribution in [-0.4, -0.2) is 29.8 Å². The molecule has 0 unspecified atom stereocenters. The molecule has 0 saturated heterocycles. The summed E-state index contributed by atoms with van der Waals surface area (Å²) in [5.41, 5.74) is 3.17. The number of ether oxygens (including phenoxy) is 1. The number of rotatable bonds is 6. The monoisotopic (exact) mass is 429 g/mol. The average molecular weight is 430 g/mol. The SMILES string of the molecule is COC(=O)CC1=CC(SCC(=O)NCc2ccc(Cl)cc2)=Nc2ccccc2N1. The fraction of sp³-hybridized carbons (Fsp3) is 0.190. The number of hydrogen-bond acceptors (Lipinski definition) is 6. The van der Waals surface area contributed by atoms with Crippen LogP contribution in [0.3, 0.4) is 0 Å². The predicted octanol–water partition coefficient (Wildman–Crippen LogP) is 4.29. The summed E-state index contributed by atoms with van der Waals surface area (Å²) >= 11 is 7.18. The minimum absolute atomic E-state index is 0.0905. The molecule has 0 spiro atoms. The van der Waals surface area contributed by atoms with Crippen LogP contribution in [0.25, 0.3) is 0 Å². The van der Waals surface area contributed by atoms with E-state index in [1.54, 1.807) is 18.2 Å². The van der Waals surface area contributed by atoms with Crippen molar-refractivity contribution in [1.82, 2.24) is 5.32 Å². The lowest BCUT2D eigenvalue weighted by molar-refractivity contribution is -0.139. The van der Waals surface area contributed by atoms with Crippen molar-refractivity contribution >= 4 is 51.7 Å². The molecule has 1 aliphatic heterocycles. The molecule has 6 nitrogen and oxygen atoms in total. The highest BCUT2D eigenvalue weighted by Crippen LogP contribution is 2.30. The molecule has 150 valence electrons. The molecule has 1 aliphatic rings. The van der Waals surface area contributed by atoms with E-state index < -0.39 is 0 Å². The van der Waals surface area contributed by atoms with Crippen LogP contribution < -0.4 is 10.6 Å². The van der Waals surface area contributed by atoms with Gasteiger partial charge in [0.2, 0.25) is 5.91 Å². The first-order valence-electron chi connectivity index (χ1n) is 8.89. The normalized spacial score (nSPS) is 12.6. The molecule has 2 aromatic rings. The topological polar surface area (TPSA) is 79.8 Å². The van der Waals surface area contributed by atoms with Gasteiger partial charge >= 0.3 is 5.97 Å². The Morgan fingerprint density at radius 1 is 1.17 bits per heavy atom. The van der Waals surface area contributed by atoms with Crippen molar-refractivity contribution in [2.45, 2.75) is 13.0 Å². The smallest absolute Gasteiger partial charge is 0.311 e. The summed E-state index contributed by atoms with van der Waals surface area (Å²) in [6.45, 7) is 0.427. The zero-order valence-corrected chi connectivity index (χ0v) is 17.3. The molecule has 0 atom stereocenters. The molecule has 0 radical (unpaired) electrons. The van der Waals surface area contributed by atoms with Crippen LogP contribution in [0.5, 0.6) is 0 Å². The third kappa shape index (κ3) is 6.37. The van der Waals surface area contributed by atoms with E-state index in [4.69, 9.17) is 16.3 Å². The van der Waals surface area contributed by atoms with Crippen LogP contribution in [0.15, 0.2) is 65.3 Å². The molecule has 0 bridgehead atoms. The number of benzene rings is 2. The van der Waals surface area contributed by atoms with Gasteiger partial charge < -0.3 is 15.4 Å². The van der Waals surface area contributed by atoms with Crippen molar-refractivity contribution in [3.63, 3.8) is 0 Å². The van der Waals surface area contributed by atoms with Crippen molar-refractivity contribution in [1.29, 1.82) is 0 Å². The van der Waals surface area contributed by atoms with Gasteiger partial charge in [-0.15, -0.1) is 0 Å². The van der Waals surface area contributed by atoms with Crippen molar-refractivity contribution in [2.24, 2.45) is 4.99 Å². The van der Waals surface area contributed by atoms with E-state index in [-0.39, 0.29) is 24.1 Å². The second-order valence-corrected chi connectivity index (χ2v) is 7.64. The number of para-hydroxylation sites is 2. The highest BCUT2D eigenvalue weighted by atomic mass is 35.5. The van der Waals surface area contributed by atoms with E-state index >= 15 is 0 Å². The Morgan fingerprint density at radius 3 is 2.69 bits per heavy atom. The molecule has 0 saturated carbocycles. The zero-order chi connectivity index (χ0) is 20.6. The number of amides is 1. The average Bonchev–Trinajstić information content (AvgIpc) is 2.90. The maximum absolute atomic E-state index is 12.2. The summed E-state index contributed by atoms with van der Waals surface area (Å²) < 4.78 is 4.76. The van der Waals surface area contributed by atoms with Gasteiger partial charge in [-0.05, 0) is 35.9 Å². The Labute approximate surface area is 178 Å². The van der Waals surface area contributed by atoms with E-state index in [2.05, 4.69) is 15.6 Å². The second-order valence-electron chi connectivity index (χ2n) is 6.21. The molecule has 8 heteroatoms. The quantitative estimate of drug-likeness (QED) is 0.669. The number of halogens is 1. The van der Waals surface area contributed by atoms with E-state index in [0.717, 1.165) is 16.9 Å². The number of anilines is 1. The van der Waals surface area contributed by atoms with Gasteiger partial charge in [0.05, 0.1) is 35.7 Å². The van der Waals surface area contributed by atoms with Gasteiger partial charge in [0.25, 0.3) is 0 Å². The third-order valence-electron chi connectivity index (χ3n) is 4.04. The van der Waals surface area contributed by atoms with Crippen LogP contribution in [0.4, 0.5) is 11.4 Å². The maximum atomic E-state index is 12.2. The lowest BCUT2D eigenvalue weighted by atomic mass is 10.2. The fourth-order valence-electron chi connectivity index (χ4n) is 2.58. The Hall–Kier alpha value is -2.77. The lowest BCUT2D eigenvalue weighted by Gasteiger charge is -2.09. The van der Waals surface area contributed by atoms with Crippen LogP contribution >= 0.6 is 23.4 Å². The van der Waals surface area contributed by atoms with Gasteiger partial charge in [-0.25, -0.2) is 4.99 Å². The van der Waals surface area contributed by atoms with Crippen LogP contribution in [0.1, 0.15) is 12.0 Å². The number of hydrogen-bond donors (Lipinski definition) is 2. The second kappa shape index (κ2) is 10.1. The summed E-state index contributed by atoms with van der Waals surface area (Å²) in [7, 11) is 1.35. The highest BCUT2D eigenvalue weighted by molar-refractivity contribution is 8.14. The highest BCUT2D eigenvalue weighted by Gasteiger charge is 2.15. The number of nitrogens with zero attached hydrogens (tertiary/aromatic N) is 1. The number of fused-ring (bicyclic) bond motifs is 1. The van der Waals surface area contributed by atoms with Gasteiger partial charge in [-0.1, -0.05) is 47.6 Å². The number of thioether (sulfide) groups is 1. The summed E-state index contributed by atoms with van der Waals surface area (Å²) in [5, 5.41) is 7.39. The standard InChI is InChI=1S/C21H20ClN3O3S/c1-28-21(27)11-16-10-20(25-18-5-3-2-4-17(18)24-16)29-13-19(26)23-12-14-6-8-15(22)9-7-14/h2-10,24H,11-13H2,1H3,(H,23,26). The minimum atomic E-state index is -0.354. The number of carbonyl (C=O) groups is 2. The van der Waals surface area contributed by atoms with E-state index in [9.17, 15) is 9.59 Å². The summed E-state index contributed by atoms with van der Waals surface area (Å²) in [6, 6.07) is 14.8. The third-order valence-corrected chi connectivity index (χ3v) is 5.21. The van der Waals surface area contributed by atoms with Gasteiger partial charge in [-0.3, -0.25) is 9.59 Å². The Balaban J connectivity index is 1.64. The van der Waals surface area contributed by atoms with Crippen molar-refractivity contribution in [3.8, 4) is 0 Å². The number of carbonyl (C=O) groups excluding carboxylic acids is 2. The molecule has 0 aromatic heterocycles. The largest absolute Gasteiger partial charge is 0.469 e. The Kier molecular flexibility index (Phi) is 7.32. The maximum Gasteiger partial charge on any atom is 0.311 e. The van der Waals surface area contributed by atoms with Crippen LogP contribution in [-0.2, 0) is 20.9 Å². The molecule has 3 rings (SSSR count). The molecular weight excluding hydrogens is 410 g/mol. The van der Waals surface area contributed by atoms with Gasteiger partial charge in [0.1, 0.15) is 0 Å². The number of methoxy groups -OCH3 is 1. The molecule has 2 N–H and O–H groups in total. The number of esters is 1. The molecular formula is C21H20ClN3O3S. The fourth-order valence-corrected chi connectivity index (χ4v) is 3.47. The van der Waals surface area contributed by atoms with Crippen LogP contribution in [0, 0.1) is 0 Å². The molecule has 2 aromatic carbocycles. The lowest BCUT2D eigenvalue weighted by Crippen LogP contribution is -2.25.